The molecule has 76 valence electrons. The Balaban J connectivity index is 3.66. The van der Waals surface area contributed by atoms with E-state index in [0.717, 1.165) is 6.42 Å². The second-order valence-corrected chi connectivity index (χ2v) is 2.60. The maximum absolute atomic E-state index is 10.6. The number of carboxylic acid groups (broad SMARTS) is 1. The van der Waals surface area contributed by atoms with Gasteiger partial charge in [0.1, 0.15) is 6.04 Å². The number of aliphatic carboxylic acids is 1. The van der Waals surface area contributed by atoms with E-state index in [2.05, 4.69) is 10.1 Å². The molecule has 0 aromatic rings. The lowest BCUT2D eigenvalue weighted by Crippen LogP contribution is -2.38. The van der Waals surface area contributed by atoms with Crippen molar-refractivity contribution in [3.63, 3.8) is 0 Å². The highest BCUT2D eigenvalue weighted by Gasteiger charge is 2.15. The van der Waals surface area contributed by atoms with Gasteiger partial charge in [-0.05, 0) is 13.0 Å². The lowest BCUT2D eigenvalue weighted by atomic mass is 10.2. The van der Waals surface area contributed by atoms with E-state index in [4.69, 9.17) is 5.11 Å². The fraction of sp³-hybridized carbons (Fsp3) is 0.750. The molecule has 0 spiro atoms. The molecule has 0 fully saturated rings. The monoisotopic (exact) mass is 189 g/mol. The van der Waals surface area contributed by atoms with Gasteiger partial charge in [-0.2, -0.15) is 0 Å². The summed E-state index contributed by atoms with van der Waals surface area (Å²) in [5, 5.41) is 11.5. The number of nitrogens with one attached hydrogen (secondary N) is 1. The third kappa shape index (κ3) is 6.10. The largest absolute Gasteiger partial charge is 0.480 e. The highest BCUT2D eigenvalue weighted by molar-refractivity contribution is 5.73. The van der Waals surface area contributed by atoms with E-state index >= 15 is 0 Å². The van der Waals surface area contributed by atoms with Crippen LogP contribution < -0.4 is 5.32 Å². The zero-order chi connectivity index (χ0) is 10.1. The SMILES string of the molecule is CCCN[C@@H](CCOC=O)C(=O)O. The summed E-state index contributed by atoms with van der Waals surface area (Å²) in [6.07, 6.45) is 1.17. The predicted molar refractivity (Wildman–Crippen MR) is 46.4 cm³/mol. The van der Waals surface area contributed by atoms with Gasteiger partial charge in [0.2, 0.25) is 0 Å². The van der Waals surface area contributed by atoms with Crippen molar-refractivity contribution in [2.45, 2.75) is 25.8 Å². The van der Waals surface area contributed by atoms with Crippen LogP contribution in [0.2, 0.25) is 0 Å². The molecule has 0 saturated heterocycles. The van der Waals surface area contributed by atoms with Crippen LogP contribution in [0.25, 0.3) is 0 Å². The summed E-state index contributed by atoms with van der Waals surface area (Å²) in [6, 6.07) is -0.625. The lowest BCUT2D eigenvalue weighted by molar-refractivity contribution is -0.141. The molecule has 0 saturated carbocycles. The van der Waals surface area contributed by atoms with E-state index in [0.29, 0.717) is 19.4 Å². The molecule has 0 radical (unpaired) electrons. The minimum absolute atomic E-state index is 0.136. The normalized spacial score (nSPS) is 12.1. The molecule has 0 rings (SSSR count). The van der Waals surface area contributed by atoms with Crippen LogP contribution in [0, 0.1) is 0 Å². The van der Waals surface area contributed by atoms with Crippen molar-refractivity contribution in [3.8, 4) is 0 Å². The molecule has 13 heavy (non-hydrogen) atoms. The quantitative estimate of drug-likeness (QED) is 0.415. The zero-order valence-electron chi connectivity index (χ0n) is 7.66. The molecule has 0 bridgehead atoms. The number of ether oxygens (including phenoxy) is 1. The number of hydrogen-bond acceptors (Lipinski definition) is 4. The molecule has 5 nitrogen and oxygen atoms in total. The van der Waals surface area contributed by atoms with Crippen molar-refractivity contribution in [2.75, 3.05) is 13.2 Å². The second kappa shape index (κ2) is 7.54. The van der Waals surface area contributed by atoms with Gasteiger partial charge in [-0.15, -0.1) is 0 Å². The first-order valence-electron chi connectivity index (χ1n) is 4.23. The van der Waals surface area contributed by atoms with Crippen molar-refractivity contribution >= 4 is 12.4 Å². The van der Waals surface area contributed by atoms with Crippen LogP contribution in [0.5, 0.6) is 0 Å². The van der Waals surface area contributed by atoms with Gasteiger partial charge in [0, 0.05) is 6.42 Å². The topological polar surface area (TPSA) is 75.6 Å². The number of hydrogen-bond donors (Lipinski definition) is 2. The van der Waals surface area contributed by atoms with Crippen LogP contribution in [0.1, 0.15) is 19.8 Å². The highest BCUT2D eigenvalue weighted by Crippen LogP contribution is 1.93. The Kier molecular flexibility index (Phi) is 6.91. The minimum Gasteiger partial charge on any atom is -0.480 e. The Bertz CT molecular complexity index is 160. The summed E-state index contributed by atoms with van der Waals surface area (Å²) >= 11 is 0. The van der Waals surface area contributed by atoms with Crippen LogP contribution in [0.4, 0.5) is 0 Å². The average Bonchev–Trinajstić information content (AvgIpc) is 2.10. The maximum atomic E-state index is 10.6. The minimum atomic E-state index is -0.914. The molecular formula is C8H15NO4. The Labute approximate surface area is 77.1 Å². The molecule has 0 aromatic heterocycles. The first-order chi connectivity index (χ1) is 6.22. The number of carbonyl (C=O) groups excluding carboxylic acids is 1. The van der Waals surface area contributed by atoms with Crippen molar-refractivity contribution in [1.29, 1.82) is 0 Å². The van der Waals surface area contributed by atoms with Crippen LogP contribution in [0.3, 0.4) is 0 Å². The molecule has 0 aliphatic heterocycles. The summed E-state index contributed by atoms with van der Waals surface area (Å²) in [7, 11) is 0. The third-order valence-corrected chi connectivity index (χ3v) is 1.53. The Hall–Kier alpha value is -1.10. The number of rotatable bonds is 8. The van der Waals surface area contributed by atoms with E-state index in [1.165, 1.54) is 0 Å². The van der Waals surface area contributed by atoms with Crippen LogP contribution in [-0.2, 0) is 14.3 Å². The fourth-order valence-corrected chi connectivity index (χ4v) is 0.865. The van der Waals surface area contributed by atoms with Gasteiger partial charge in [0.05, 0.1) is 6.61 Å². The Morgan fingerprint density at radius 1 is 1.69 bits per heavy atom. The molecule has 5 heteroatoms. The summed E-state index contributed by atoms with van der Waals surface area (Å²) < 4.78 is 4.41. The average molecular weight is 189 g/mol. The second-order valence-electron chi connectivity index (χ2n) is 2.60. The molecule has 0 heterocycles. The van der Waals surface area contributed by atoms with E-state index in [-0.39, 0.29) is 6.61 Å². The third-order valence-electron chi connectivity index (χ3n) is 1.53. The van der Waals surface area contributed by atoms with Gasteiger partial charge in [-0.1, -0.05) is 6.92 Å². The fourth-order valence-electron chi connectivity index (χ4n) is 0.865. The van der Waals surface area contributed by atoms with Crippen LogP contribution in [0.15, 0.2) is 0 Å². The molecular weight excluding hydrogens is 174 g/mol. The molecule has 0 aliphatic carbocycles. The van der Waals surface area contributed by atoms with Gasteiger partial charge in [-0.3, -0.25) is 9.59 Å². The maximum Gasteiger partial charge on any atom is 0.320 e. The van der Waals surface area contributed by atoms with Crippen molar-refractivity contribution < 1.29 is 19.4 Å². The van der Waals surface area contributed by atoms with Gasteiger partial charge >= 0.3 is 5.97 Å². The van der Waals surface area contributed by atoms with E-state index in [1.807, 2.05) is 6.92 Å². The van der Waals surface area contributed by atoms with Crippen molar-refractivity contribution in [3.05, 3.63) is 0 Å². The van der Waals surface area contributed by atoms with Gasteiger partial charge in [0.15, 0.2) is 0 Å². The molecule has 0 unspecified atom stereocenters. The molecule has 1 atom stereocenters. The summed E-state index contributed by atoms with van der Waals surface area (Å²) in [5.74, 6) is -0.914. The van der Waals surface area contributed by atoms with E-state index in [9.17, 15) is 9.59 Å². The summed E-state index contributed by atoms with van der Waals surface area (Å²) in [5.41, 5.74) is 0. The first-order valence-corrected chi connectivity index (χ1v) is 4.23. The van der Waals surface area contributed by atoms with Gasteiger partial charge in [-0.25, -0.2) is 0 Å². The predicted octanol–water partition coefficient (Wildman–Crippen LogP) is 0.00230. The van der Waals surface area contributed by atoms with Crippen LogP contribution in [-0.4, -0.2) is 36.7 Å². The molecule has 0 aliphatic rings. The van der Waals surface area contributed by atoms with Crippen molar-refractivity contribution in [2.24, 2.45) is 0 Å². The lowest BCUT2D eigenvalue weighted by Gasteiger charge is -2.12. The highest BCUT2D eigenvalue weighted by atomic mass is 16.5. The molecule has 0 amide bonds. The summed E-state index contributed by atoms with van der Waals surface area (Å²) in [4.78, 5) is 20.4. The van der Waals surface area contributed by atoms with Gasteiger partial charge in [0.25, 0.3) is 6.47 Å². The van der Waals surface area contributed by atoms with E-state index < -0.39 is 12.0 Å². The number of carboxylic acids is 1. The van der Waals surface area contributed by atoms with Crippen LogP contribution >= 0.6 is 0 Å². The van der Waals surface area contributed by atoms with E-state index in [1.54, 1.807) is 0 Å². The molecule has 0 aromatic carbocycles. The Morgan fingerprint density at radius 2 is 2.38 bits per heavy atom. The van der Waals surface area contributed by atoms with Gasteiger partial charge < -0.3 is 15.2 Å². The standard InChI is InChI=1S/C8H15NO4/c1-2-4-9-7(8(11)12)3-5-13-6-10/h6-7,9H,2-5H2,1H3,(H,11,12)/t7-/m0/s1. The zero-order valence-corrected chi connectivity index (χ0v) is 7.66. The first kappa shape index (κ1) is 11.9. The number of carbonyl (C=O) groups is 2. The smallest absolute Gasteiger partial charge is 0.320 e. The van der Waals surface area contributed by atoms with Crippen molar-refractivity contribution in [1.82, 2.24) is 5.32 Å². The molecule has 2 N–H and O–H groups in total. The summed E-state index contributed by atoms with van der Waals surface area (Å²) in [6.45, 7) is 3.06. The Morgan fingerprint density at radius 3 is 2.85 bits per heavy atom.